The van der Waals surface area contributed by atoms with Gasteiger partial charge < -0.3 is 10.6 Å². The molecule has 0 aliphatic carbocycles. The fourth-order valence-electron chi connectivity index (χ4n) is 1.34. The molecule has 100 valence electrons. The Morgan fingerprint density at radius 2 is 2.11 bits per heavy atom. The summed E-state index contributed by atoms with van der Waals surface area (Å²) < 4.78 is 21.4. The van der Waals surface area contributed by atoms with Crippen molar-refractivity contribution >= 4 is 21.7 Å². The monoisotopic (exact) mass is 272 g/mol. The van der Waals surface area contributed by atoms with Crippen LogP contribution in [0.5, 0.6) is 0 Å². The molecule has 0 aromatic carbocycles. The summed E-state index contributed by atoms with van der Waals surface area (Å²) in [6, 6.07) is 3.20. The van der Waals surface area contributed by atoms with Gasteiger partial charge in [-0.15, -0.1) is 0 Å². The number of pyridine rings is 1. The molecule has 0 atom stereocenters. The first kappa shape index (κ1) is 14.4. The molecule has 7 nitrogen and oxygen atoms in total. The highest BCUT2D eigenvalue weighted by atomic mass is 32.2. The molecule has 0 aliphatic heterocycles. The van der Waals surface area contributed by atoms with Crippen LogP contribution < -0.4 is 15.8 Å². The SMILES string of the molecule is CNc1cc(C(=O)NCCS(N)(=O)=O)cc(C)n1. The van der Waals surface area contributed by atoms with E-state index in [0.29, 0.717) is 17.1 Å². The molecule has 4 N–H and O–H groups in total. The molecule has 1 amide bonds. The maximum atomic E-state index is 11.7. The molecule has 1 aromatic rings. The predicted molar refractivity (Wildman–Crippen MR) is 68.8 cm³/mol. The van der Waals surface area contributed by atoms with E-state index in [9.17, 15) is 13.2 Å². The molecule has 1 rings (SSSR count). The quantitative estimate of drug-likeness (QED) is 0.665. The minimum absolute atomic E-state index is 0.0199. The second-order valence-electron chi connectivity index (χ2n) is 3.76. The van der Waals surface area contributed by atoms with Crippen LogP contribution in [-0.4, -0.2) is 38.7 Å². The van der Waals surface area contributed by atoms with Crippen LogP contribution >= 0.6 is 0 Å². The van der Waals surface area contributed by atoms with Gasteiger partial charge in [-0.25, -0.2) is 18.5 Å². The van der Waals surface area contributed by atoms with Gasteiger partial charge in [0.05, 0.1) is 5.75 Å². The molecular weight excluding hydrogens is 256 g/mol. The third-order valence-corrected chi connectivity index (χ3v) is 2.92. The molecule has 0 saturated heterocycles. The number of carbonyl (C=O) groups is 1. The zero-order valence-corrected chi connectivity index (χ0v) is 11.0. The molecule has 1 heterocycles. The lowest BCUT2D eigenvalue weighted by Crippen LogP contribution is -2.31. The van der Waals surface area contributed by atoms with Crippen molar-refractivity contribution in [3.63, 3.8) is 0 Å². The minimum Gasteiger partial charge on any atom is -0.373 e. The number of hydrogen-bond donors (Lipinski definition) is 3. The maximum absolute atomic E-state index is 11.7. The molecule has 0 aliphatic rings. The topological polar surface area (TPSA) is 114 Å². The Bertz CT molecular complexity index is 542. The van der Waals surface area contributed by atoms with E-state index in [1.54, 1.807) is 26.1 Å². The van der Waals surface area contributed by atoms with Crippen LogP contribution in [0.25, 0.3) is 0 Å². The first-order chi connectivity index (χ1) is 8.31. The van der Waals surface area contributed by atoms with E-state index in [1.165, 1.54) is 0 Å². The molecular formula is C10H16N4O3S. The summed E-state index contributed by atoms with van der Waals surface area (Å²) >= 11 is 0. The van der Waals surface area contributed by atoms with Gasteiger partial charge in [-0.2, -0.15) is 0 Å². The number of anilines is 1. The highest BCUT2D eigenvalue weighted by Crippen LogP contribution is 2.09. The van der Waals surface area contributed by atoms with E-state index < -0.39 is 10.0 Å². The van der Waals surface area contributed by atoms with Crippen molar-refractivity contribution in [2.75, 3.05) is 24.7 Å². The molecule has 0 saturated carbocycles. The highest BCUT2D eigenvalue weighted by molar-refractivity contribution is 7.89. The van der Waals surface area contributed by atoms with Crippen LogP contribution in [0.4, 0.5) is 5.82 Å². The molecule has 0 radical (unpaired) electrons. The zero-order chi connectivity index (χ0) is 13.8. The Labute approximate surface area is 106 Å². The lowest BCUT2D eigenvalue weighted by atomic mass is 10.2. The number of sulfonamides is 1. The van der Waals surface area contributed by atoms with Gasteiger partial charge in [0.2, 0.25) is 10.0 Å². The number of primary sulfonamides is 1. The third kappa shape index (κ3) is 4.68. The number of amides is 1. The number of nitrogens with two attached hydrogens (primary N) is 1. The summed E-state index contributed by atoms with van der Waals surface area (Å²) in [4.78, 5) is 15.9. The van der Waals surface area contributed by atoms with Crippen molar-refractivity contribution in [2.24, 2.45) is 5.14 Å². The van der Waals surface area contributed by atoms with Gasteiger partial charge in [-0.3, -0.25) is 4.79 Å². The van der Waals surface area contributed by atoms with Gasteiger partial charge in [-0.05, 0) is 19.1 Å². The van der Waals surface area contributed by atoms with Crippen LogP contribution in [0.15, 0.2) is 12.1 Å². The van der Waals surface area contributed by atoms with E-state index in [4.69, 9.17) is 5.14 Å². The summed E-state index contributed by atoms with van der Waals surface area (Å²) in [6.45, 7) is 1.75. The van der Waals surface area contributed by atoms with Crippen LogP contribution in [0.2, 0.25) is 0 Å². The first-order valence-corrected chi connectivity index (χ1v) is 6.98. The molecule has 1 aromatic heterocycles. The fraction of sp³-hybridized carbons (Fsp3) is 0.400. The average molecular weight is 272 g/mol. The smallest absolute Gasteiger partial charge is 0.251 e. The average Bonchev–Trinajstić information content (AvgIpc) is 2.26. The van der Waals surface area contributed by atoms with Gasteiger partial charge >= 0.3 is 0 Å². The molecule has 0 bridgehead atoms. The number of aromatic nitrogens is 1. The number of nitrogens with one attached hydrogen (secondary N) is 2. The highest BCUT2D eigenvalue weighted by Gasteiger charge is 2.09. The normalized spacial score (nSPS) is 11.1. The minimum atomic E-state index is -3.56. The van der Waals surface area contributed by atoms with Crippen molar-refractivity contribution < 1.29 is 13.2 Å². The van der Waals surface area contributed by atoms with Gasteiger partial charge in [-0.1, -0.05) is 0 Å². The summed E-state index contributed by atoms with van der Waals surface area (Å²) in [5, 5.41) is 10.1. The van der Waals surface area contributed by atoms with Crippen molar-refractivity contribution in [3.05, 3.63) is 23.4 Å². The number of hydrogen-bond acceptors (Lipinski definition) is 5. The van der Waals surface area contributed by atoms with Gasteiger partial charge in [0, 0.05) is 24.8 Å². The van der Waals surface area contributed by atoms with Crippen molar-refractivity contribution in [3.8, 4) is 0 Å². The maximum Gasteiger partial charge on any atom is 0.251 e. The fourth-order valence-corrected chi connectivity index (χ4v) is 1.72. The Kier molecular flexibility index (Phi) is 4.62. The van der Waals surface area contributed by atoms with Gasteiger partial charge in [0.1, 0.15) is 5.82 Å². The Morgan fingerprint density at radius 1 is 1.44 bits per heavy atom. The summed E-state index contributed by atoms with van der Waals surface area (Å²) in [5.74, 6) is -0.0749. The van der Waals surface area contributed by atoms with Crippen LogP contribution in [0.1, 0.15) is 16.1 Å². The van der Waals surface area contributed by atoms with Crippen molar-refractivity contribution in [1.82, 2.24) is 10.3 Å². The number of rotatable bonds is 5. The zero-order valence-electron chi connectivity index (χ0n) is 10.2. The number of carbonyl (C=O) groups excluding carboxylic acids is 1. The Hall–Kier alpha value is -1.67. The Balaban J connectivity index is 2.69. The van der Waals surface area contributed by atoms with Crippen LogP contribution in [-0.2, 0) is 10.0 Å². The first-order valence-electron chi connectivity index (χ1n) is 5.27. The summed E-state index contributed by atoms with van der Waals surface area (Å²) in [7, 11) is -1.86. The lowest BCUT2D eigenvalue weighted by Gasteiger charge is -2.07. The predicted octanol–water partition coefficient (Wildman–Crippen LogP) is -0.550. The Morgan fingerprint density at radius 3 is 2.67 bits per heavy atom. The standard InChI is InChI=1S/C10H16N4O3S/c1-7-5-8(6-9(12-2)14-7)10(15)13-3-4-18(11,16)17/h5-6H,3-4H2,1-2H3,(H,12,14)(H,13,15)(H2,11,16,17). The third-order valence-electron chi connectivity index (χ3n) is 2.14. The summed E-state index contributed by atoms with van der Waals surface area (Å²) in [5.41, 5.74) is 1.11. The van der Waals surface area contributed by atoms with Crippen molar-refractivity contribution in [1.29, 1.82) is 0 Å². The number of nitrogens with zero attached hydrogens (tertiary/aromatic N) is 1. The second kappa shape index (κ2) is 5.78. The van der Waals surface area contributed by atoms with E-state index in [-0.39, 0.29) is 18.2 Å². The summed E-state index contributed by atoms with van der Waals surface area (Å²) in [6.07, 6.45) is 0. The second-order valence-corrected chi connectivity index (χ2v) is 5.49. The van der Waals surface area contributed by atoms with E-state index in [1.807, 2.05) is 0 Å². The van der Waals surface area contributed by atoms with Crippen LogP contribution in [0, 0.1) is 6.92 Å². The van der Waals surface area contributed by atoms with E-state index in [0.717, 1.165) is 0 Å². The van der Waals surface area contributed by atoms with Gasteiger partial charge in [0.25, 0.3) is 5.91 Å². The molecule has 8 heteroatoms. The lowest BCUT2D eigenvalue weighted by molar-refractivity contribution is 0.0956. The molecule has 0 unspecified atom stereocenters. The van der Waals surface area contributed by atoms with Crippen molar-refractivity contribution in [2.45, 2.75) is 6.92 Å². The van der Waals surface area contributed by atoms with Gasteiger partial charge in [0.15, 0.2) is 0 Å². The van der Waals surface area contributed by atoms with E-state index in [2.05, 4.69) is 15.6 Å². The molecule has 0 spiro atoms. The van der Waals surface area contributed by atoms with Crippen LogP contribution in [0.3, 0.4) is 0 Å². The molecule has 18 heavy (non-hydrogen) atoms. The number of aryl methyl sites for hydroxylation is 1. The van der Waals surface area contributed by atoms with E-state index >= 15 is 0 Å². The largest absolute Gasteiger partial charge is 0.373 e. The molecule has 0 fully saturated rings.